The van der Waals surface area contributed by atoms with E-state index in [0.717, 1.165) is 5.56 Å². The SMILES string of the molecule is CC(C(=O)NC(CCO)c1ccccc1)n1cncn1. The van der Waals surface area contributed by atoms with Gasteiger partial charge in [0.2, 0.25) is 5.91 Å². The second-order valence-electron chi connectivity index (χ2n) is 4.54. The van der Waals surface area contributed by atoms with Crippen molar-refractivity contribution in [1.82, 2.24) is 20.1 Å². The number of aromatic nitrogens is 3. The smallest absolute Gasteiger partial charge is 0.245 e. The molecule has 0 aliphatic rings. The molecule has 6 nitrogen and oxygen atoms in total. The van der Waals surface area contributed by atoms with Crippen molar-refractivity contribution in [3.8, 4) is 0 Å². The van der Waals surface area contributed by atoms with Crippen molar-refractivity contribution in [3.05, 3.63) is 48.5 Å². The second-order valence-corrected chi connectivity index (χ2v) is 4.54. The summed E-state index contributed by atoms with van der Waals surface area (Å²) in [6, 6.07) is 8.95. The predicted octanol–water partition coefficient (Wildman–Crippen LogP) is 1.08. The van der Waals surface area contributed by atoms with Crippen molar-refractivity contribution in [2.45, 2.75) is 25.4 Å². The number of hydrogen-bond acceptors (Lipinski definition) is 4. The zero-order valence-electron chi connectivity index (χ0n) is 11.3. The lowest BCUT2D eigenvalue weighted by Crippen LogP contribution is -2.34. The molecule has 0 aliphatic carbocycles. The lowest BCUT2D eigenvalue weighted by atomic mass is 10.0. The molecule has 0 saturated heterocycles. The van der Waals surface area contributed by atoms with Crippen LogP contribution in [0, 0.1) is 0 Å². The van der Waals surface area contributed by atoms with E-state index in [0.29, 0.717) is 6.42 Å². The van der Waals surface area contributed by atoms with Gasteiger partial charge in [-0.2, -0.15) is 5.10 Å². The Kier molecular flexibility index (Phi) is 4.84. The van der Waals surface area contributed by atoms with Crippen LogP contribution >= 0.6 is 0 Å². The molecular weight excluding hydrogens is 256 g/mol. The molecule has 1 aromatic carbocycles. The molecule has 0 radical (unpaired) electrons. The van der Waals surface area contributed by atoms with E-state index >= 15 is 0 Å². The number of rotatable bonds is 6. The summed E-state index contributed by atoms with van der Waals surface area (Å²) in [5, 5.41) is 16.0. The van der Waals surface area contributed by atoms with Gasteiger partial charge in [-0.1, -0.05) is 30.3 Å². The summed E-state index contributed by atoms with van der Waals surface area (Å²) in [5.74, 6) is -0.155. The van der Waals surface area contributed by atoms with Gasteiger partial charge in [-0.15, -0.1) is 0 Å². The van der Waals surface area contributed by atoms with Crippen LogP contribution in [0.4, 0.5) is 0 Å². The molecule has 1 amide bonds. The third-order valence-corrected chi connectivity index (χ3v) is 3.15. The van der Waals surface area contributed by atoms with Gasteiger partial charge >= 0.3 is 0 Å². The summed E-state index contributed by atoms with van der Waals surface area (Å²) in [6.45, 7) is 1.77. The Morgan fingerprint density at radius 3 is 2.75 bits per heavy atom. The number of carbonyl (C=O) groups excluding carboxylic acids is 1. The van der Waals surface area contributed by atoms with Crippen LogP contribution in [-0.4, -0.2) is 32.4 Å². The molecule has 0 fully saturated rings. The van der Waals surface area contributed by atoms with Gasteiger partial charge in [-0.05, 0) is 18.9 Å². The summed E-state index contributed by atoms with van der Waals surface area (Å²) in [7, 11) is 0. The molecule has 1 heterocycles. The summed E-state index contributed by atoms with van der Waals surface area (Å²) in [6.07, 6.45) is 3.37. The molecule has 20 heavy (non-hydrogen) atoms. The van der Waals surface area contributed by atoms with E-state index in [-0.39, 0.29) is 18.6 Å². The first-order valence-corrected chi connectivity index (χ1v) is 6.52. The van der Waals surface area contributed by atoms with Gasteiger partial charge < -0.3 is 10.4 Å². The highest BCUT2D eigenvalue weighted by molar-refractivity contribution is 5.80. The minimum absolute atomic E-state index is 0.0115. The Morgan fingerprint density at radius 1 is 1.40 bits per heavy atom. The van der Waals surface area contributed by atoms with Crippen LogP contribution < -0.4 is 5.32 Å². The summed E-state index contributed by atoms with van der Waals surface area (Å²) < 4.78 is 1.50. The highest BCUT2D eigenvalue weighted by atomic mass is 16.3. The highest BCUT2D eigenvalue weighted by Gasteiger charge is 2.20. The van der Waals surface area contributed by atoms with Crippen LogP contribution in [0.1, 0.15) is 31.0 Å². The molecular formula is C14H18N4O2. The monoisotopic (exact) mass is 274 g/mol. The number of aliphatic hydroxyl groups is 1. The van der Waals surface area contributed by atoms with Crippen molar-refractivity contribution in [1.29, 1.82) is 0 Å². The number of hydrogen-bond donors (Lipinski definition) is 2. The molecule has 2 atom stereocenters. The van der Waals surface area contributed by atoms with Gasteiger partial charge in [0.1, 0.15) is 18.7 Å². The molecule has 106 valence electrons. The molecule has 2 aromatic rings. The molecule has 0 bridgehead atoms. The normalized spacial score (nSPS) is 13.7. The first-order chi connectivity index (χ1) is 9.72. The number of nitrogens with zero attached hydrogens (tertiary/aromatic N) is 3. The maximum absolute atomic E-state index is 12.2. The van der Waals surface area contributed by atoms with E-state index in [1.165, 1.54) is 17.3 Å². The summed E-state index contributed by atoms with van der Waals surface area (Å²) in [5.41, 5.74) is 0.973. The molecule has 0 aliphatic heterocycles. The van der Waals surface area contributed by atoms with E-state index in [9.17, 15) is 4.79 Å². The number of aliphatic hydroxyl groups excluding tert-OH is 1. The number of benzene rings is 1. The largest absolute Gasteiger partial charge is 0.396 e. The van der Waals surface area contributed by atoms with E-state index in [4.69, 9.17) is 5.11 Å². The molecule has 0 spiro atoms. The van der Waals surface area contributed by atoms with E-state index in [1.54, 1.807) is 6.92 Å². The molecule has 2 N–H and O–H groups in total. The molecule has 0 saturated carbocycles. The van der Waals surface area contributed by atoms with Gasteiger partial charge in [0.25, 0.3) is 0 Å². The predicted molar refractivity (Wildman–Crippen MR) is 73.8 cm³/mol. The van der Waals surface area contributed by atoms with Crippen LogP contribution in [0.25, 0.3) is 0 Å². The van der Waals surface area contributed by atoms with Crippen molar-refractivity contribution < 1.29 is 9.90 Å². The van der Waals surface area contributed by atoms with E-state index < -0.39 is 6.04 Å². The first kappa shape index (κ1) is 14.2. The average Bonchev–Trinajstić information content (AvgIpc) is 3.01. The fraction of sp³-hybridized carbons (Fsp3) is 0.357. The quantitative estimate of drug-likeness (QED) is 0.826. The van der Waals surface area contributed by atoms with Gasteiger partial charge in [0.15, 0.2) is 0 Å². The maximum Gasteiger partial charge on any atom is 0.245 e. The summed E-state index contributed by atoms with van der Waals surface area (Å²) in [4.78, 5) is 16.0. The lowest BCUT2D eigenvalue weighted by Gasteiger charge is -2.20. The minimum atomic E-state index is -0.442. The number of amides is 1. The third kappa shape index (κ3) is 3.42. The average molecular weight is 274 g/mol. The summed E-state index contributed by atoms with van der Waals surface area (Å²) >= 11 is 0. The maximum atomic E-state index is 12.2. The molecule has 2 unspecified atom stereocenters. The highest BCUT2D eigenvalue weighted by Crippen LogP contribution is 2.17. The van der Waals surface area contributed by atoms with Crippen molar-refractivity contribution >= 4 is 5.91 Å². The Bertz CT molecular complexity index is 527. The standard InChI is InChI=1S/C14H18N4O2/c1-11(18-10-15-9-16-18)14(20)17-13(7-8-19)12-5-3-2-4-6-12/h2-6,9-11,13,19H,7-8H2,1H3,(H,17,20). The Hall–Kier alpha value is -2.21. The first-order valence-electron chi connectivity index (χ1n) is 6.52. The van der Waals surface area contributed by atoms with E-state index in [1.807, 2.05) is 30.3 Å². The fourth-order valence-electron chi connectivity index (χ4n) is 1.97. The van der Waals surface area contributed by atoms with Gasteiger partial charge in [0, 0.05) is 6.61 Å². The second kappa shape index (κ2) is 6.81. The van der Waals surface area contributed by atoms with Crippen LogP contribution in [0.15, 0.2) is 43.0 Å². The van der Waals surface area contributed by atoms with Crippen molar-refractivity contribution in [3.63, 3.8) is 0 Å². The minimum Gasteiger partial charge on any atom is -0.396 e. The number of nitrogens with one attached hydrogen (secondary N) is 1. The molecule has 1 aromatic heterocycles. The van der Waals surface area contributed by atoms with Gasteiger partial charge in [-0.25, -0.2) is 9.67 Å². The van der Waals surface area contributed by atoms with Crippen LogP contribution in [0.2, 0.25) is 0 Å². The Balaban J connectivity index is 2.06. The van der Waals surface area contributed by atoms with Crippen LogP contribution in [-0.2, 0) is 4.79 Å². The van der Waals surface area contributed by atoms with Crippen LogP contribution in [0.3, 0.4) is 0 Å². The number of carbonyl (C=O) groups is 1. The van der Waals surface area contributed by atoms with Gasteiger partial charge in [0.05, 0.1) is 6.04 Å². The van der Waals surface area contributed by atoms with Crippen molar-refractivity contribution in [2.24, 2.45) is 0 Å². The Morgan fingerprint density at radius 2 is 2.15 bits per heavy atom. The fourth-order valence-corrected chi connectivity index (χ4v) is 1.97. The van der Waals surface area contributed by atoms with Gasteiger partial charge in [-0.3, -0.25) is 4.79 Å². The van der Waals surface area contributed by atoms with E-state index in [2.05, 4.69) is 15.4 Å². The molecule has 2 rings (SSSR count). The van der Waals surface area contributed by atoms with Crippen LogP contribution in [0.5, 0.6) is 0 Å². The zero-order chi connectivity index (χ0) is 14.4. The topological polar surface area (TPSA) is 80.0 Å². The van der Waals surface area contributed by atoms with Crippen molar-refractivity contribution in [2.75, 3.05) is 6.61 Å². The third-order valence-electron chi connectivity index (χ3n) is 3.15. The zero-order valence-corrected chi connectivity index (χ0v) is 11.3. The Labute approximate surface area is 117 Å². The lowest BCUT2D eigenvalue weighted by molar-refractivity contribution is -0.125. The molecule has 6 heteroatoms.